The van der Waals surface area contributed by atoms with Crippen LogP contribution < -0.4 is 15.0 Å². The Morgan fingerprint density at radius 3 is 2.89 bits per heavy atom. The van der Waals surface area contributed by atoms with E-state index in [1.54, 1.807) is 14.2 Å². The molecule has 1 aliphatic heterocycles. The summed E-state index contributed by atoms with van der Waals surface area (Å²) in [4.78, 5) is 16.7. The summed E-state index contributed by atoms with van der Waals surface area (Å²) in [6, 6.07) is 9.90. The van der Waals surface area contributed by atoms with Crippen LogP contribution in [0.2, 0.25) is 0 Å². The Balaban J connectivity index is 1.55. The van der Waals surface area contributed by atoms with Gasteiger partial charge in [0.15, 0.2) is 0 Å². The van der Waals surface area contributed by atoms with E-state index in [0.29, 0.717) is 19.7 Å². The van der Waals surface area contributed by atoms with E-state index in [-0.39, 0.29) is 12.1 Å². The summed E-state index contributed by atoms with van der Waals surface area (Å²) in [6.07, 6.45) is 0. The fourth-order valence-electron chi connectivity index (χ4n) is 3.36. The first-order chi connectivity index (χ1) is 13.1. The molecule has 2 N–H and O–H groups in total. The van der Waals surface area contributed by atoms with Crippen LogP contribution in [-0.2, 0) is 17.9 Å². The Hall–Kier alpha value is -2.74. The predicted molar refractivity (Wildman–Crippen MR) is 103 cm³/mol. The highest BCUT2D eigenvalue weighted by molar-refractivity contribution is 5.75. The summed E-state index contributed by atoms with van der Waals surface area (Å²) in [5.74, 6) is 0.855. The number of hydrogen-bond acceptors (Lipinski definition) is 5. The summed E-state index contributed by atoms with van der Waals surface area (Å²) in [5.41, 5.74) is 2.74. The zero-order valence-electron chi connectivity index (χ0n) is 16.1. The van der Waals surface area contributed by atoms with Crippen LogP contribution in [0, 0.1) is 0 Å². The highest BCUT2D eigenvalue weighted by Crippen LogP contribution is 2.29. The fourth-order valence-corrected chi connectivity index (χ4v) is 3.36. The number of rotatable bonds is 6. The molecule has 0 bridgehead atoms. The molecule has 0 unspecified atom stereocenters. The van der Waals surface area contributed by atoms with E-state index in [0.717, 1.165) is 35.9 Å². The van der Waals surface area contributed by atoms with Crippen LogP contribution in [0.4, 0.5) is 10.5 Å². The lowest BCUT2D eigenvalue weighted by Gasteiger charge is -2.41. The number of urea groups is 1. The molecule has 3 rings (SSSR count). The van der Waals surface area contributed by atoms with Gasteiger partial charge in [-0.1, -0.05) is 12.1 Å². The van der Waals surface area contributed by atoms with Gasteiger partial charge in [0.05, 0.1) is 37.3 Å². The standard InChI is InChI=1S/C19H27N5O3/c1-14-12-23(17-6-4-5-7-18(17)27-3)8-9-24(14)19(25)20-11-15-10-16(13-26-2)22-21-15/h4-7,10,14H,8-9,11-13H2,1-3H3,(H,20,25)(H,21,22)/t14-/m1/s1. The zero-order valence-corrected chi connectivity index (χ0v) is 16.1. The van der Waals surface area contributed by atoms with Crippen LogP contribution in [0.3, 0.4) is 0 Å². The van der Waals surface area contributed by atoms with Gasteiger partial charge in [-0.25, -0.2) is 4.79 Å². The van der Waals surface area contributed by atoms with Gasteiger partial charge in [0.2, 0.25) is 0 Å². The minimum absolute atomic E-state index is 0.0648. The second-order valence-electron chi connectivity index (χ2n) is 6.64. The van der Waals surface area contributed by atoms with E-state index in [1.807, 2.05) is 29.2 Å². The van der Waals surface area contributed by atoms with Crippen LogP contribution in [0.5, 0.6) is 5.75 Å². The molecule has 0 spiro atoms. The molecule has 2 amide bonds. The molecule has 1 aromatic heterocycles. The molecule has 0 saturated carbocycles. The first-order valence-corrected chi connectivity index (χ1v) is 9.07. The number of piperazine rings is 1. The number of nitrogens with one attached hydrogen (secondary N) is 2. The molecule has 27 heavy (non-hydrogen) atoms. The number of aromatic amines is 1. The number of carbonyl (C=O) groups is 1. The lowest BCUT2D eigenvalue weighted by molar-refractivity contribution is 0.171. The molecular formula is C19H27N5O3. The van der Waals surface area contributed by atoms with Gasteiger partial charge >= 0.3 is 6.03 Å². The molecular weight excluding hydrogens is 346 g/mol. The lowest BCUT2D eigenvalue weighted by Crippen LogP contribution is -2.56. The van der Waals surface area contributed by atoms with Crippen LogP contribution in [-0.4, -0.2) is 61.0 Å². The molecule has 1 atom stereocenters. The number of H-pyrrole nitrogens is 1. The van der Waals surface area contributed by atoms with Gasteiger partial charge in [-0.2, -0.15) is 5.10 Å². The van der Waals surface area contributed by atoms with Crippen molar-refractivity contribution in [2.75, 3.05) is 38.8 Å². The summed E-state index contributed by atoms with van der Waals surface area (Å²) in [7, 11) is 3.31. The number of hydrogen-bond donors (Lipinski definition) is 2. The SMILES string of the molecule is COCc1cc(CNC(=O)N2CCN(c3ccccc3OC)C[C@H]2C)[nH]n1. The maximum Gasteiger partial charge on any atom is 0.318 e. The van der Waals surface area contributed by atoms with Crippen LogP contribution in [0.1, 0.15) is 18.3 Å². The number of nitrogens with zero attached hydrogens (tertiary/aromatic N) is 3. The van der Waals surface area contributed by atoms with E-state index in [4.69, 9.17) is 9.47 Å². The van der Waals surface area contributed by atoms with E-state index in [2.05, 4.69) is 33.4 Å². The van der Waals surface area contributed by atoms with Crippen molar-refractivity contribution in [2.24, 2.45) is 0 Å². The lowest BCUT2D eigenvalue weighted by atomic mass is 10.1. The van der Waals surface area contributed by atoms with E-state index >= 15 is 0 Å². The second kappa shape index (κ2) is 8.77. The smallest absolute Gasteiger partial charge is 0.318 e. The average molecular weight is 373 g/mol. The van der Waals surface area contributed by atoms with Gasteiger partial charge in [0, 0.05) is 32.8 Å². The third-order valence-electron chi connectivity index (χ3n) is 4.72. The van der Waals surface area contributed by atoms with Crippen molar-refractivity contribution in [3.05, 3.63) is 41.7 Å². The molecule has 1 aromatic carbocycles. The van der Waals surface area contributed by atoms with Crippen molar-refractivity contribution in [1.29, 1.82) is 0 Å². The first kappa shape index (κ1) is 19.0. The number of carbonyl (C=O) groups excluding carboxylic acids is 1. The minimum atomic E-state index is -0.0648. The molecule has 1 aliphatic rings. The number of aromatic nitrogens is 2. The van der Waals surface area contributed by atoms with Crippen molar-refractivity contribution in [2.45, 2.75) is 26.1 Å². The predicted octanol–water partition coefficient (Wildman–Crippen LogP) is 1.98. The van der Waals surface area contributed by atoms with Crippen molar-refractivity contribution >= 4 is 11.7 Å². The average Bonchev–Trinajstić information content (AvgIpc) is 3.14. The summed E-state index contributed by atoms with van der Waals surface area (Å²) in [5, 5.41) is 10.0. The van der Waals surface area contributed by atoms with E-state index < -0.39 is 0 Å². The Morgan fingerprint density at radius 1 is 1.33 bits per heavy atom. The van der Waals surface area contributed by atoms with Gasteiger partial charge in [-0.15, -0.1) is 0 Å². The molecule has 0 radical (unpaired) electrons. The van der Waals surface area contributed by atoms with E-state index in [9.17, 15) is 4.79 Å². The Kier molecular flexibility index (Phi) is 6.18. The molecule has 1 fully saturated rings. The van der Waals surface area contributed by atoms with Crippen LogP contribution >= 0.6 is 0 Å². The monoisotopic (exact) mass is 373 g/mol. The van der Waals surface area contributed by atoms with Gasteiger partial charge in [-0.3, -0.25) is 5.10 Å². The van der Waals surface area contributed by atoms with E-state index in [1.165, 1.54) is 0 Å². The maximum absolute atomic E-state index is 12.6. The molecule has 8 nitrogen and oxygen atoms in total. The summed E-state index contributed by atoms with van der Waals surface area (Å²) < 4.78 is 10.5. The molecule has 146 valence electrons. The van der Waals surface area contributed by atoms with Gasteiger partial charge in [0.25, 0.3) is 0 Å². The topological polar surface area (TPSA) is 82.7 Å². The van der Waals surface area contributed by atoms with Gasteiger partial charge in [0.1, 0.15) is 5.75 Å². The molecule has 2 heterocycles. The van der Waals surface area contributed by atoms with Crippen molar-refractivity contribution in [1.82, 2.24) is 20.4 Å². The number of methoxy groups -OCH3 is 2. The number of anilines is 1. The van der Waals surface area contributed by atoms with Crippen molar-refractivity contribution < 1.29 is 14.3 Å². The first-order valence-electron chi connectivity index (χ1n) is 9.07. The summed E-state index contributed by atoms with van der Waals surface area (Å²) in [6.45, 7) is 5.11. The highest BCUT2D eigenvalue weighted by atomic mass is 16.5. The molecule has 1 saturated heterocycles. The van der Waals surface area contributed by atoms with Crippen LogP contribution in [0.15, 0.2) is 30.3 Å². The molecule has 0 aliphatic carbocycles. The maximum atomic E-state index is 12.6. The fraction of sp³-hybridized carbons (Fsp3) is 0.474. The highest BCUT2D eigenvalue weighted by Gasteiger charge is 2.28. The number of para-hydroxylation sites is 2. The molecule has 8 heteroatoms. The van der Waals surface area contributed by atoms with Crippen molar-refractivity contribution in [3.8, 4) is 5.75 Å². The number of ether oxygens (including phenoxy) is 2. The second-order valence-corrected chi connectivity index (χ2v) is 6.64. The molecule has 2 aromatic rings. The Labute approximate surface area is 159 Å². The quantitative estimate of drug-likeness (QED) is 0.809. The third kappa shape index (κ3) is 4.51. The van der Waals surface area contributed by atoms with Crippen LogP contribution in [0.25, 0.3) is 0 Å². The largest absolute Gasteiger partial charge is 0.495 e. The van der Waals surface area contributed by atoms with Crippen molar-refractivity contribution in [3.63, 3.8) is 0 Å². The number of benzene rings is 1. The van der Waals surface area contributed by atoms with Gasteiger partial charge < -0.3 is 24.6 Å². The Morgan fingerprint density at radius 2 is 2.15 bits per heavy atom. The summed E-state index contributed by atoms with van der Waals surface area (Å²) >= 11 is 0. The number of amides is 2. The minimum Gasteiger partial charge on any atom is -0.495 e. The normalized spacial score (nSPS) is 17.1. The van der Waals surface area contributed by atoms with Gasteiger partial charge in [-0.05, 0) is 25.1 Å². The third-order valence-corrected chi connectivity index (χ3v) is 4.72. The zero-order chi connectivity index (χ0) is 19.2. The Bertz CT molecular complexity index is 763.